The molecule has 144 valence electrons. The van der Waals surface area contributed by atoms with Crippen molar-refractivity contribution in [2.24, 2.45) is 0 Å². The molecule has 1 saturated carbocycles. The van der Waals surface area contributed by atoms with Gasteiger partial charge in [-0.15, -0.1) is 0 Å². The predicted octanol–water partition coefficient (Wildman–Crippen LogP) is 3.97. The molecule has 6 nitrogen and oxygen atoms in total. The molecule has 5 rings (SSSR count). The maximum Gasteiger partial charge on any atom is 0.209 e. The zero-order chi connectivity index (χ0) is 19.8. The number of nitrogens with zero attached hydrogens (tertiary/aromatic N) is 4. The van der Waals surface area contributed by atoms with Gasteiger partial charge in [0.1, 0.15) is 11.4 Å². The average molecular weight is 384 g/mol. The maximum absolute atomic E-state index is 12.6. The molecule has 0 bridgehead atoms. The minimum absolute atomic E-state index is 0.160. The van der Waals surface area contributed by atoms with Gasteiger partial charge in [0.15, 0.2) is 5.69 Å². The first-order valence-corrected chi connectivity index (χ1v) is 9.63. The molecule has 1 aliphatic carbocycles. The van der Waals surface area contributed by atoms with Crippen molar-refractivity contribution in [3.63, 3.8) is 0 Å². The second-order valence-electron chi connectivity index (χ2n) is 7.14. The van der Waals surface area contributed by atoms with Crippen molar-refractivity contribution < 1.29 is 4.74 Å². The van der Waals surface area contributed by atoms with Crippen LogP contribution in [0.2, 0.25) is 0 Å². The van der Waals surface area contributed by atoms with E-state index in [1.54, 1.807) is 34.9 Å². The first-order valence-electron chi connectivity index (χ1n) is 9.63. The molecular weight excluding hydrogens is 364 g/mol. The van der Waals surface area contributed by atoms with Gasteiger partial charge in [-0.1, -0.05) is 24.3 Å². The normalized spacial score (nSPS) is 13.4. The number of methoxy groups -OCH3 is 1. The molecule has 2 aromatic heterocycles. The Morgan fingerprint density at radius 2 is 1.86 bits per heavy atom. The molecule has 4 aromatic rings. The molecule has 0 saturated heterocycles. The lowest BCUT2D eigenvalue weighted by Gasteiger charge is -2.13. The van der Waals surface area contributed by atoms with Crippen molar-refractivity contribution in [1.82, 2.24) is 19.6 Å². The summed E-state index contributed by atoms with van der Waals surface area (Å²) in [7, 11) is 1.66. The molecule has 6 heteroatoms. The zero-order valence-corrected chi connectivity index (χ0v) is 16.0. The first-order chi connectivity index (χ1) is 14.2. The molecule has 2 aromatic carbocycles. The van der Waals surface area contributed by atoms with E-state index in [0.717, 1.165) is 17.1 Å². The summed E-state index contributed by atoms with van der Waals surface area (Å²) in [6.45, 7) is 0. The molecule has 0 spiro atoms. The highest BCUT2D eigenvalue weighted by atomic mass is 16.5. The molecule has 0 atom stereocenters. The van der Waals surface area contributed by atoms with E-state index in [9.17, 15) is 4.79 Å². The number of ether oxygens (including phenoxy) is 1. The third-order valence-corrected chi connectivity index (χ3v) is 5.19. The summed E-state index contributed by atoms with van der Waals surface area (Å²) >= 11 is 0. The third kappa shape index (κ3) is 3.23. The van der Waals surface area contributed by atoms with Crippen LogP contribution in [-0.2, 0) is 0 Å². The third-order valence-electron chi connectivity index (χ3n) is 5.19. The van der Waals surface area contributed by atoms with Gasteiger partial charge in [-0.3, -0.25) is 4.79 Å². The fourth-order valence-corrected chi connectivity index (χ4v) is 3.53. The summed E-state index contributed by atoms with van der Waals surface area (Å²) in [4.78, 5) is 12.6. The van der Waals surface area contributed by atoms with Crippen LogP contribution in [0.25, 0.3) is 22.8 Å². The summed E-state index contributed by atoms with van der Waals surface area (Å²) in [5.41, 5.74) is 3.77. The number of rotatable bonds is 5. The standard InChI is InChI=1S/C23H20N4O2/c1-29-22-15-17(16-7-8-16)9-10-19(22)26-14-12-21(28)23(25-26)20-11-13-24-27(20)18-5-3-2-4-6-18/h2-6,9-16H,7-8H2,1H3. The van der Waals surface area contributed by atoms with Gasteiger partial charge in [0.05, 0.1) is 24.7 Å². The summed E-state index contributed by atoms with van der Waals surface area (Å²) < 4.78 is 9.03. The van der Waals surface area contributed by atoms with Crippen molar-refractivity contribution in [3.05, 3.63) is 88.8 Å². The van der Waals surface area contributed by atoms with Gasteiger partial charge in [0.25, 0.3) is 0 Å². The highest BCUT2D eigenvalue weighted by Gasteiger charge is 2.24. The Morgan fingerprint density at radius 3 is 2.62 bits per heavy atom. The van der Waals surface area contributed by atoms with Gasteiger partial charge in [-0.25, -0.2) is 9.36 Å². The zero-order valence-electron chi connectivity index (χ0n) is 16.0. The predicted molar refractivity (Wildman–Crippen MR) is 111 cm³/mol. The van der Waals surface area contributed by atoms with E-state index in [1.807, 2.05) is 36.4 Å². The highest BCUT2D eigenvalue weighted by Crippen LogP contribution is 2.42. The van der Waals surface area contributed by atoms with Gasteiger partial charge in [0.2, 0.25) is 5.43 Å². The molecule has 0 radical (unpaired) electrons. The van der Waals surface area contributed by atoms with Crippen LogP contribution in [0.1, 0.15) is 24.3 Å². The maximum atomic E-state index is 12.6. The lowest BCUT2D eigenvalue weighted by Crippen LogP contribution is -2.15. The van der Waals surface area contributed by atoms with E-state index in [2.05, 4.69) is 22.3 Å². The Bertz CT molecular complexity index is 1220. The van der Waals surface area contributed by atoms with Crippen molar-refractivity contribution in [2.75, 3.05) is 7.11 Å². The van der Waals surface area contributed by atoms with Gasteiger partial charge in [0, 0.05) is 12.3 Å². The second-order valence-corrected chi connectivity index (χ2v) is 7.14. The Hall–Kier alpha value is -3.67. The summed E-state index contributed by atoms with van der Waals surface area (Å²) in [6.07, 6.45) is 5.80. The summed E-state index contributed by atoms with van der Waals surface area (Å²) in [6, 6.07) is 19.2. The van der Waals surface area contributed by atoms with E-state index in [4.69, 9.17) is 4.74 Å². The molecule has 1 aliphatic rings. The van der Waals surface area contributed by atoms with E-state index < -0.39 is 0 Å². The van der Waals surface area contributed by atoms with Crippen molar-refractivity contribution in [3.8, 4) is 28.5 Å². The molecule has 0 amide bonds. The first kappa shape index (κ1) is 17.4. The van der Waals surface area contributed by atoms with Gasteiger partial charge >= 0.3 is 0 Å². The molecule has 0 N–H and O–H groups in total. The lowest BCUT2D eigenvalue weighted by molar-refractivity contribution is 0.411. The van der Waals surface area contributed by atoms with Gasteiger partial charge < -0.3 is 4.74 Å². The Labute approximate surface area is 168 Å². The number of para-hydroxylation sites is 1. The van der Waals surface area contributed by atoms with Crippen LogP contribution in [-0.4, -0.2) is 26.7 Å². The SMILES string of the molecule is COc1cc(C2CC2)ccc1-n1ccc(=O)c(-c2ccnn2-c2ccccc2)n1. The Kier molecular flexibility index (Phi) is 4.24. The van der Waals surface area contributed by atoms with Crippen LogP contribution in [0.5, 0.6) is 5.75 Å². The monoisotopic (exact) mass is 384 g/mol. The molecule has 2 heterocycles. The molecule has 29 heavy (non-hydrogen) atoms. The number of benzene rings is 2. The molecule has 1 fully saturated rings. The van der Waals surface area contributed by atoms with Crippen LogP contribution in [0.15, 0.2) is 77.9 Å². The average Bonchev–Trinajstić information content (AvgIpc) is 3.51. The fraction of sp³-hybridized carbons (Fsp3) is 0.174. The molecule has 0 unspecified atom stereocenters. The van der Waals surface area contributed by atoms with E-state index in [-0.39, 0.29) is 5.43 Å². The molecular formula is C23H20N4O2. The van der Waals surface area contributed by atoms with E-state index in [1.165, 1.54) is 24.5 Å². The highest BCUT2D eigenvalue weighted by molar-refractivity contribution is 5.58. The number of aromatic nitrogens is 4. The van der Waals surface area contributed by atoms with Gasteiger partial charge in [-0.05, 0) is 54.7 Å². The second kappa shape index (κ2) is 7.05. The van der Waals surface area contributed by atoms with Crippen LogP contribution >= 0.6 is 0 Å². The van der Waals surface area contributed by atoms with E-state index >= 15 is 0 Å². The lowest BCUT2D eigenvalue weighted by atomic mass is 10.1. The Balaban J connectivity index is 1.61. The van der Waals surface area contributed by atoms with Gasteiger partial charge in [-0.2, -0.15) is 10.2 Å². The van der Waals surface area contributed by atoms with E-state index in [0.29, 0.717) is 17.3 Å². The molecule has 0 aliphatic heterocycles. The minimum atomic E-state index is -0.160. The largest absolute Gasteiger partial charge is 0.494 e. The minimum Gasteiger partial charge on any atom is -0.494 e. The van der Waals surface area contributed by atoms with Crippen LogP contribution in [0.3, 0.4) is 0 Å². The number of hydrogen-bond donors (Lipinski definition) is 0. The topological polar surface area (TPSA) is 61.9 Å². The van der Waals surface area contributed by atoms with Crippen LogP contribution < -0.4 is 10.2 Å². The van der Waals surface area contributed by atoms with Crippen molar-refractivity contribution in [2.45, 2.75) is 18.8 Å². The Morgan fingerprint density at radius 1 is 1.03 bits per heavy atom. The summed E-state index contributed by atoms with van der Waals surface area (Å²) in [5.74, 6) is 1.38. The smallest absolute Gasteiger partial charge is 0.209 e. The quantitative estimate of drug-likeness (QED) is 0.522. The van der Waals surface area contributed by atoms with Crippen LogP contribution in [0, 0.1) is 0 Å². The number of hydrogen-bond acceptors (Lipinski definition) is 4. The van der Waals surface area contributed by atoms with Crippen LogP contribution in [0.4, 0.5) is 0 Å². The van der Waals surface area contributed by atoms with Crippen molar-refractivity contribution >= 4 is 0 Å². The summed E-state index contributed by atoms with van der Waals surface area (Å²) in [5, 5.41) is 9.02. The fourth-order valence-electron chi connectivity index (χ4n) is 3.53. The van der Waals surface area contributed by atoms with Crippen molar-refractivity contribution in [1.29, 1.82) is 0 Å².